The molecule has 1 aliphatic heterocycles. The Balaban J connectivity index is 2.25. The lowest BCUT2D eigenvalue weighted by atomic mass is 9.78. The number of carboxylic acids is 1. The fourth-order valence-electron chi connectivity index (χ4n) is 3.23. The lowest BCUT2D eigenvalue weighted by Gasteiger charge is -2.28. The van der Waals surface area contributed by atoms with Gasteiger partial charge in [-0.1, -0.05) is 12.8 Å². The van der Waals surface area contributed by atoms with Gasteiger partial charge in [-0.05, 0) is 28.8 Å². The van der Waals surface area contributed by atoms with E-state index < -0.39 is 17.2 Å². The van der Waals surface area contributed by atoms with Crippen molar-refractivity contribution in [1.82, 2.24) is 0 Å². The van der Waals surface area contributed by atoms with Crippen molar-refractivity contribution in [2.75, 3.05) is 13.2 Å². The van der Waals surface area contributed by atoms with Crippen LogP contribution in [0.2, 0.25) is 0 Å². The molecule has 0 unspecified atom stereocenters. The summed E-state index contributed by atoms with van der Waals surface area (Å²) in [5, 5.41) is 9.73. The minimum atomic E-state index is -1.22. The third-order valence-electron chi connectivity index (χ3n) is 4.28. The molecule has 1 aromatic rings. The number of carboxylic acid groups (broad SMARTS) is 1. The second kappa shape index (κ2) is 5.48. The highest BCUT2D eigenvalue weighted by molar-refractivity contribution is 9.10. The lowest BCUT2D eigenvalue weighted by Crippen LogP contribution is -2.34. The molecule has 0 saturated heterocycles. The lowest BCUT2D eigenvalue weighted by molar-refractivity contribution is -0.143. The Morgan fingerprint density at radius 3 is 2.57 bits per heavy atom. The topological polar surface area (TPSA) is 55.8 Å². The van der Waals surface area contributed by atoms with Crippen molar-refractivity contribution >= 4 is 21.9 Å². The summed E-state index contributed by atoms with van der Waals surface area (Å²) in [6.45, 7) is 0.876. The first kappa shape index (κ1) is 14.6. The summed E-state index contributed by atoms with van der Waals surface area (Å²) < 4.78 is 26.2. The molecular formula is C15H16BrFO4. The summed E-state index contributed by atoms with van der Waals surface area (Å²) in [5.41, 5.74) is -1.08. The van der Waals surface area contributed by atoms with E-state index in [1.165, 1.54) is 6.07 Å². The normalized spacial score (nSPS) is 20.1. The van der Waals surface area contributed by atoms with Gasteiger partial charge in [-0.25, -0.2) is 4.39 Å². The van der Waals surface area contributed by atoms with Crippen molar-refractivity contribution in [3.05, 3.63) is 21.9 Å². The van der Waals surface area contributed by atoms with Gasteiger partial charge in [0.2, 0.25) is 0 Å². The van der Waals surface area contributed by atoms with Crippen molar-refractivity contribution in [3.63, 3.8) is 0 Å². The number of halogens is 2. The van der Waals surface area contributed by atoms with E-state index in [0.29, 0.717) is 38.2 Å². The van der Waals surface area contributed by atoms with Crippen LogP contribution in [0.4, 0.5) is 4.39 Å². The Labute approximate surface area is 130 Å². The average Bonchev–Trinajstić information content (AvgIpc) is 2.83. The second-order valence-electron chi connectivity index (χ2n) is 5.52. The first-order valence-corrected chi connectivity index (χ1v) is 7.87. The minimum Gasteiger partial charge on any atom is -0.490 e. The molecule has 0 atom stereocenters. The number of hydrogen-bond acceptors (Lipinski definition) is 3. The van der Waals surface area contributed by atoms with E-state index in [-0.39, 0.29) is 15.8 Å². The summed E-state index contributed by atoms with van der Waals surface area (Å²) in [6, 6.07) is 1.52. The van der Waals surface area contributed by atoms with Gasteiger partial charge in [0.1, 0.15) is 5.82 Å². The molecule has 1 saturated carbocycles. The molecule has 4 nitrogen and oxygen atoms in total. The zero-order chi connectivity index (χ0) is 15.0. The number of carbonyl (C=O) groups is 1. The molecule has 1 N–H and O–H groups in total. The molecule has 1 heterocycles. The van der Waals surface area contributed by atoms with Crippen molar-refractivity contribution in [2.45, 2.75) is 37.5 Å². The molecule has 0 amide bonds. The molecule has 1 aliphatic carbocycles. The van der Waals surface area contributed by atoms with Gasteiger partial charge < -0.3 is 14.6 Å². The average molecular weight is 359 g/mol. The van der Waals surface area contributed by atoms with Gasteiger partial charge in [0, 0.05) is 12.5 Å². The van der Waals surface area contributed by atoms with E-state index in [1.807, 2.05) is 0 Å². The smallest absolute Gasteiger partial charge is 0.314 e. The summed E-state index contributed by atoms with van der Waals surface area (Å²) in [5.74, 6) is -0.864. The quantitative estimate of drug-likeness (QED) is 0.876. The third kappa shape index (κ3) is 2.29. The fraction of sp³-hybridized carbons (Fsp3) is 0.533. The van der Waals surface area contributed by atoms with E-state index in [4.69, 9.17) is 9.47 Å². The molecule has 1 fully saturated rings. The van der Waals surface area contributed by atoms with Crippen molar-refractivity contribution in [2.24, 2.45) is 0 Å². The highest BCUT2D eigenvalue weighted by atomic mass is 79.9. The van der Waals surface area contributed by atoms with Crippen LogP contribution >= 0.6 is 15.9 Å². The van der Waals surface area contributed by atoms with Gasteiger partial charge in [0.15, 0.2) is 11.5 Å². The maximum absolute atomic E-state index is 14.7. The molecule has 2 aliphatic rings. The molecule has 0 spiro atoms. The molecular weight excluding hydrogens is 343 g/mol. The van der Waals surface area contributed by atoms with Gasteiger partial charge in [0.05, 0.1) is 28.7 Å². The SMILES string of the molecule is O=C(O)C1(c2c(F)c(Br)cc3c2OCCCO3)CCCC1. The molecule has 1 aromatic carbocycles. The van der Waals surface area contributed by atoms with Gasteiger partial charge in [-0.2, -0.15) is 0 Å². The minimum absolute atomic E-state index is 0.138. The molecule has 0 radical (unpaired) electrons. The summed E-state index contributed by atoms with van der Waals surface area (Å²) in [4.78, 5) is 11.9. The van der Waals surface area contributed by atoms with E-state index in [9.17, 15) is 14.3 Å². The second-order valence-corrected chi connectivity index (χ2v) is 6.37. The molecule has 114 valence electrons. The van der Waals surface area contributed by atoms with Crippen LogP contribution in [-0.2, 0) is 10.2 Å². The Kier molecular flexibility index (Phi) is 3.82. The Morgan fingerprint density at radius 2 is 1.90 bits per heavy atom. The maximum Gasteiger partial charge on any atom is 0.314 e. The van der Waals surface area contributed by atoms with Crippen LogP contribution in [-0.4, -0.2) is 24.3 Å². The van der Waals surface area contributed by atoms with Crippen LogP contribution in [0, 0.1) is 5.82 Å². The van der Waals surface area contributed by atoms with Crippen LogP contribution in [0.1, 0.15) is 37.7 Å². The van der Waals surface area contributed by atoms with Gasteiger partial charge >= 0.3 is 5.97 Å². The van der Waals surface area contributed by atoms with Crippen molar-refractivity contribution in [1.29, 1.82) is 0 Å². The Morgan fingerprint density at radius 1 is 1.24 bits per heavy atom. The number of ether oxygens (including phenoxy) is 2. The molecule has 21 heavy (non-hydrogen) atoms. The predicted molar refractivity (Wildman–Crippen MR) is 77.5 cm³/mol. The van der Waals surface area contributed by atoms with Crippen LogP contribution in [0.5, 0.6) is 11.5 Å². The zero-order valence-corrected chi connectivity index (χ0v) is 13.0. The van der Waals surface area contributed by atoms with Crippen LogP contribution in [0.3, 0.4) is 0 Å². The predicted octanol–water partition coefficient (Wildman–Crippen LogP) is 3.65. The number of rotatable bonds is 2. The molecule has 0 aromatic heterocycles. The Hall–Kier alpha value is -1.30. The number of benzene rings is 1. The van der Waals surface area contributed by atoms with E-state index >= 15 is 0 Å². The van der Waals surface area contributed by atoms with Gasteiger partial charge in [0.25, 0.3) is 0 Å². The maximum atomic E-state index is 14.7. The monoisotopic (exact) mass is 358 g/mol. The standard InChI is InChI=1S/C15H16BrFO4/c16-9-8-10-13(21-7-3-6-20-10)11(12(9)17)15(14(18)19)4-1-2-5-15/h8H,1-7H2,(H,18,19). The molecule has 3 rings (SSSR count). The van der Waals surface area contributed by atoms with E-state index in [0.717, 1.165) is 12.8 Å². The first-order valence-electron chi connectivity index (χ1n) is 7.08. The fourth-order valence-corrected chi connectivity index (χ4v) is 3.64. The third-order valence-corrected chi connectivity index (χ3v) is 4.85. The zero-order valence-electron chi connectivity index (χ0n) is 11.5. The number of fused-ring (bicyclic) bond motifs is 1. The van der Waals surface area contributed by atoms with E-state index in [2.05, 4.69) is 15.9 Å². The summed E-state index contributed by atoms with van der Waals surface area (Å²) in [6.07, 6.45) is 3.08. The molecule has 0 bridgehead atoms. The van der Waals surface area contributed by atoms with Crippen molar-refractivity contribution in [3.8, 4) is 11.5 Å². The first-order chi connectivity index (χ1) is 10.1. The van der Waals surface area contributed by atoms with E-state index in [1.54, 1.807) is 0 Å². The van der Waals surface area contributed by atoms with Crippen LogP contribution in [0.15, 0.2) is 10.5 Å². The summed E-state index contributed by atoms with van der Waals surface area (Å²) in [7, 11) is 0. The Bertz CT molecular complexity index is 582. The van der Waals surface area contributed by atoms with Crippen molar-refractivity contribution < 1.29 is 23.8 Å². The highest BCUT2D eigenvalue weighted by Gasteiger charge is 2.48. The number of aliphatic carboxylic acids is 1. The summed E-state index contributed by atoms with van der Waals surface area (Å²) >= 11 is 3.17. The van der Waals surface area contributed by atoms with Gasteiger partial charge in [-0.3, -0.25) is 4.79 Å². The largest absolute Gasteiger partial charge is 0.490 e. The van der Waals surface area contributed by atoms with Gasteiger partial charge in [-0.15, -0.1) is 0 Å². The van der Waals surface area contributed by atoms with Crippen LogP contribution < -0.4 is 9.47 Å². The highest BCUT2D eigenvalue weighted by Crippen LogP contribution is 2.51. The molecule has 6 heteroatoms. The number of hydrogen-bond donors (Lipinski definition) is 1. The van der Waals surface area contributed by atoms with Crippen LogP contribution in [0.25, 0.3) is 0 Å².